The van der Waals surface area contributed by atoms with Gasteiger partial charge in [-0.05, 0) is 29.7 Å². The average Bonchev–Trinajstić information content (AvgIpc) is 2.89. The third-order valence-corrected chi connectivity index (χ3v) is 4.12. The monoisotopic (exact) mass is 279 g/mol. The van der Waals surface area contributed by atoms with Crippen molar-refractivity contribution in [2.24, 2.45) is 0 Å². The highest BCUT2D eigenvalue weighted by Crippen LogP contribution is 2.24. The van der Waals surface area contributed by atoms with Crippen molar-refractivity contribution in [2.75, 3.05) is 19.6 Å². The molecule has 21 heavy (non-hydrogen) atoms. The summed E-state index contributed by atoms with van der Waals surface area (Å²) in [6.45, 7) is 2.63. The molecule has 0 saturated carbocycles. The maximum Gasteiger partial charge on any atom is 0.270 e. The zero-order chi connectivity index (χ0) is 14.2. The van der Waals surface area contributed by atoms with Crippen molar-refractivity contribution in [1.29, 1.82) is 0 Å². The first-order chi connectivity index (χ1) is 10.3. The fourth-order valence-electron chi connectivity index (χ4n) is 2.76. The van der Waals surface area contributed by atoms with Crippen LogP contribution in [0, 0.1) is 0 Å². The van der Waals surface area contributed by atoms with Gasteiger partial charge < -0.3 is 15.2 Å². The summed E-state index contributed by atoms with van der Waals surface area (Å²) in [5.41, 5.74) is 4.01. The molecule has 4 rings (SSSR count). The molecule has 1 aromatic carbocycles. The molecule has 0 aliphatic carbocycles. The molecule has 0 unspecified atom stereocenters. The molecule has 1 saturated heterocycles. The predicted molar refractivity (Wildman–Crippen MR) is 83.9 cm³/mol. The van der Waals surface area contributed by atoms with E-state index in [1.807, 2.05) is 17.2 Å². The van der Waals surface area contributed by atoms with E-state index in [4.69, 9.17) is 0 Å². The number of fused-ring (bicyclic) bond motifs is 1. The topological polar surface area (TPSA) is 48.1 Å². The van der Waals surface area contributed by atoms with Gasteiger partial charge in [0.2, 0.25) is 0 Å². The molecule has 3 heterocycles. The molecule has 4 nitrogen and oxygen atoms in total. The number of amides is 1. The van der Waals surface area contributed by atoms with Gasteiger partial charge in [0.15, 0.2) is 0 Å². The van der Waals surface area contributed by atoms with Crippen LogP contribution in [0.2, 0.25) is 0 Å². The van der Waals surface area contributed by atoms with Crippen LogP contribution in [0.15, 0.2) is 42.6 Å². The standard InChI is InChI=1S/C17H17N3O/c21-17(20-7-2-8-20)16-10-13-5-4-12(9-15(13)19-16)14-3-1-6-18-11-14/h1,3-5,9-11,18-19H,2,6-8H2. The van der Waals surface area contributed by atoms with Crippen LogP contribution in [-0.4, -0.2) is 35.4 Å². The highest BCUT2D eigenvalue weighted by Gasteiger charge is 2.22. The Morgan fingerprint density at radius 3 is 2.81 bits per heavy atom. The van der Waals surface area contributed by atoms with Crippen LogP contribution < -0.4 is 5.32 Å². The summed E-state index contributed by atoms with van der Waals surface area (Å²) in [6.07, 6.45) is 7.36. The molecule has 4 heteroatoms. The normalized spacial score (nSPS) is 17.3. The summed E-state index contributed by atoms with van der Waals surface area (Å²) in [6, 6.07) is 8.21. The van der Waals surface area contributed by atoms with Gasteiger partial charge in [0, 0.05) is 36.7 Å². The second-order valence-electron chi connectivity index (χ2n) is 5.54. The first kappa shape index (κ1) is 12.3. The van der Waals surface area contributed by atoms with E-state index in [-0.39, 0.29) is 5.91 Å². The van der Waals surface area contributed by atoms with Crippen molar-refractivity contribution in [3.63, 3.8) is 0 Å². The summed E-state index contributed by atoms with van der Waals surface area (Å²) in [4.78, 5) is 17.4. The van der Waals surface area contributed by atoms with Gasteiger partial charge in [-0.2, -0.15) is 0 Å². The summed E-state index contributed by atoms with van der Waals surface area (Å²) >= 11 is 0. The molecule has 106 valence electrons. The van der Waals surface area contributed by atoms with Gasteiger partial charge >= 0.3 is 0 Å². The van der Waals surface area contributed by atoms with Gasteiger partial charge in [-0.25, -0.2) is 0 Å². The van der Waals surface area contributed by atoms with Crippen molar-refractivity contribution in [2.45, 2.75) is 6.42 Å². The number of rotatable bonds is 2. The van der Waals surface area contributed by atoms with E-state index in [1.54, 1.807) is 0 Å². The van der Waals surface area contributed by atoms with Crippen molar-refractivity contribution >= 4 is 22.4 Å². The number of hydrogen-bond donors (Lipinski definition) is 2. The van der Waals surface area contributed by atoms with Crippen molar-refractivity contribution in [3.05, 3.63) is 53.9 Å². The summed E-state index contributed by atoms with van der Waals surface area (Å²) < 4.78 is 0. The number of nitrogens with one attached hydrogen (secondary N) is 2. The lowest BCUT2D eigenvalue weighted by molar-refractivity contribution is 0.0646. The van der Waals surface area contributed by atoms with Gasteiger partial charge in [0.1, 0.15) is 5.69 Å². The molecular weight excluding hydrogens is 262 g/mol. The number of dihydropyridines is 1. The highest BCUT2D eigenvalue weighted by atomic mass is 16.2. The number of benzene rings is 1. The molecule has 2 N–H and O–H groups in total. The van der Waals surface area contributed by atoms with E-state index in [0.717, 1.165) is 48.1 Å². The maximum atomic E-state index is 12.2. The Labute approximate surface area is 123 Å². The Morgan fingerprint density at radius 2 is 2.10 bits per heavy atom. The Bertz CT molecular complexity index is 765. The quantitative estimate of drug-likeness (QED) is 0.887. The highest BCUT2D eigenvalue weighted by molar-refractivity contribution is 5.99. The second kappa shape index (κ2) is 4.81. The number of nitrogens with zero attached hydrogens (tertiary/aromatic N) is 1. The van der Waals surface area contributed by atoms with Crippen molar-refractivity contribution < 1.29 is 4.79 Å². The van der Waals surface area contributed by atoms with Crippen LogP contribution in [0.3, 0.4) is 0 Å². The van der Waals surface area contributed by atoms with Gasteiger partial charge in [0.05, 0.1) is 0 Å². The lowest BCUT2D eigenvalue weighted by atomic mass is 10.0. The zero-order valence-corrected chi connectivity index (χ0v) is 11.7. The maximum absolute atomic E-state index is 12.2. The van der Waals surface area contributed by atoms with E-state index in [0.29, 0.717) is 5.69 Å². The van der Waals surface area contributed by atoms with E-state index in [1.165, 1.54) is 0 Å². The second-order valence-corrected chi connectivity index (χ2v) is 5.54. The number of aromatic amines is 1. The van der Waals surface area contributed by atoms with Crippen LogP contribution in [0.25, 0.3) is 16.5 Å². The largest absolute Gasteiger partial charge is 0.387 e. The zero-order valence-electron chi connectivity index (χ0n) is 11.7. The van der Waals surface area contributed by atoms with Gasteiger partial charge in [0.25, 0.3) is 5.91 Å². The third-order valence-electron chi connectivity index (χ3n) is 4.12. The van der Waals surface area contributed by atoms with Gasteiger partial charge in [-0.3, -0.25) is 4.79 Å². The third kappa shape index (κ3) is 2.13. The molecule has 0 radical (unpaired) electrons. The smallest absolute Gasteiger partial charge is 0.270 e. The first-order valence-corrected chi connectivity index (χ1v) is 7.34. The fraction of sp³-hybridized carbons (Fsp3) is 0.235. The number of aromatic nitrogens is 1. The van der Waals surface area contributed by atoms with Crippen LogP contribution >= 0.6 is 0 Å². The molecular formula is C17H17N3O. The Balaban J connectivity index is 1.69. The minimum atomic E-state index is 0.109. The summed E-state index contributed by atoms with van der Waals surface area (Å²) in [7, 11) is 0. The number of allylic oxidation sites excluding steroid dienone is 2. The fourth-order valence-corrected chi connectivity index (χ4v) is 2.76. The minimum Gasteiger partial charge on any atom is -0.387 e. The van der Waals surface area contributed by atoms with E-state index < -0.39 is 0 Å². The average molecular weight is 279 g/mol. The Morgan fingerprint density at radius 1 is 1.19 bits per heavy atom. The molecule has 1 amide bonds. The molecule has 0 bridgehead atoms. The molecule has 2 aliphatic heterocycles. The lowest BCUT2D eigenvalue weighted by Crippen LogP contribution is -2.42. The van der Waals surface area contributed by atoms with Crippen LogP contribution in [0.4, 0.5) is 0 Å². The van der Waals surface area contributed by atoms with Gasteiger partial charge in [-0.1, -0.05) is 24.3 Å². The molecule has 0 spiro atoms. The van der Waals surface area contributed by atoms with Crippen molar-refractivity contribution in [1.82, 2.24) is 15.2 Å². The Kier molecular flexibility index (Phi) is 2.81. The number of carbonyl (C=O) groups is 1. The lowest BCUT2D eigenvalue weighted by Gasteiger charge is -2.30. The van der Waals surface area contributed by atoms with Crippen LogP contribution in [0.5, 0.6) is 0 Å². The van der Waals surface area contributed by atoms with E-state index in [2.05, 4.69) is 40.7 Å². The Hall–Kier alpha value is -2.49. The molecule has 1 aromatic heterocycles. The number of likely N-dealkylation sites (tertiary alicyclic amines) is 1. The summed E-state index contributed by atoms with van der Waals surface area (Å²) in [5.74, 6) is 0.109. The van der Waals surface area contributed by atoms with E-state index in [9.17, 15) is 4.79 Å². The van der Waals surface area contributed by atoms with Crippen molar-refractivity contribution in [3.8, 4) is 0 Å². The number of carbonyl (C=O) groups excluding carboxylic acids is 1. The predicted octanol–water partition coefficient (Wildman–Crippen LogP) is 2.51. The molecule has 2 aromatic rings. The molecule has 2 aliphatic rings. The molecule has 1 fully saturated rings. The minimum absolute atomic E-state index is 0.109. The number of hydrogen-bond acceptors (Lipinski definition) is 2. The van der Waals surface area contributed by atoms with E-state index >= 15 is 0 Å². The molecule has 0 atom stereocenters. The van der Waals surface area contributed by atoms with Crippen LogP contribution in [-0.2, 0) is 0 Å². The first-order valence-electron chi connectivity index (χ1n) is 7.34. The number of H-pyrrole nitrogens is 1. The SMILES string of the molecule is O=C(c1cc2ccc(C3=CNCC=C3)cc2[nH]1)N1CCC1. The van der Waals surface area contributed by atoms with Crippen LogP contribution in [0.1, 0.15) is 22.5 Å². The summed E-state index contributed by atoms with van der Waals surface area (Å²) in [5, 5.41) is 4.29. The van der Waals surface area contributed by atoms with Gasteiger partial charge in [-0.15, -0.1) is 0 Å².